The molecule has 0 aliphatic carbocycles. The second kappa shape index (κ2) is 4.45. The van der Waals surface area contributed by atoms with Crippen LogP contribution in [-0.2, 0) is 6.54 Å². The van der Waals surface area contributed by atoms with E-state index in [1.54, 1.807) is 11.7 Å². The summed E-state index contributed by atoms with van der Waals surface area (Å²) in [7, 11) is 1.75. The highest BCUT2D eigenvalue weighted by atomic mass is 35.5. The predicted molar refractivity (Wildman–Crippen MR) is 55.2 cm³/mol. The van der Waals surface area contributed by atoms with Crippen molar-refractivity contribution in [3.63, 3.8) is 0 Å². The minimum Gasteiger partial charge on any atom is -0.303 e. The Balaban J connectivity index is 2.88. The van der Waals surface area contributed by atoms with Crippen LogP contribution in [-0.4, -0.2) is 22.9 Å². The number of nitriles is 1. The van der Waals surface area contributed by atoms with E-state index in [0.717, 1.165) is 11.4 Å². The monoisotopic (exact) mass is 212 g/mol. The van der Waals surface area contributed by atoms with Crippen LogP contribution in [0.4, 0.5) is 0 Å². The maximum atomic E-state index is 8.77. The van der Waals surface area contributed by atoms with E-state index in [9.17, 15) is 0 Å². The third-order valence-electron chi connectivity index (χ3n) is 2.15. The molecule has 1 aromatic heterocycles. The third kappa shape index (κ3) is 2.06. The van der Waals surface area contributed by atoms with Crippen LogP contribution in [0.1, 0.15) is 11.4 Å². The fraction of sp³-hybridized carbons (Fsp3) is 0.556. The van der Waals surface area contributed by atoms with Gasteiger partial charge in [-0.2, -0.15) is 10.4 Å². The molecule has 0 amide bonds. The van der Waals surface area contributed by atoms with Gasteiger partial charge in [-0.25, -0.2) is 0 Å². The van der Waals surface area contributed by atoms with E-state index in [4.69, 9.17) is 16.9 Å². The number of aromatic nitrogens is 2. The standard InChI is InChI=1S/C9H13ClN4/c1-6-9(10)7(2)14(13-6)5-8(4-11)12-3/h8,12H,5H2,1-3H3. The van der Waals surface area contributed by atoms with E-state index in [2.05, 4.69) is 16.5 Å². The van der Waals surface area contributed by atoms with Crippen LogP contribution >= 0.6 is 11.6 Å². The molecule has 0 bridgehead atoms. The first-order valence-corrected chi connectivity index (χ1v) is 4.74. The molecule has 0 aromatic carbocycles. The zero-order valence-electron chi connectivity index (χ0n) is 8.50. The molecule has 0 radical (unpaired) electrons. The number of hydrogen-bond donors (Lipinski definition) is 1. The molecule has 1 heterocycles. The van der Waals surface area contributed by atoms with E-state index in [0.29, 0.717) is 11.6 Å². The van der Waals surface area contributed by atoms with Crippen LogP contribution in [0.2, 0.25) is 5.02 Å². The molecule has 76 valence electrons. The van der Waals surface area contributed by atoms with Crippen LogP contribution in [0.25, 0.3) is 0 Å². The quantitative estimate of drug-likeness (QED) is 0.821. The second-order valence-corrected chi connectivity index (χ2v) is 3.52. The highest BCUT2D eigenvalue weighted by Crippen LogP contribution is 2.18. The first-order chi connectivity index (χ1) is 6.60. The van der Waals surface area contributed by atoms with E-state index < -0.39 is 0 Å². The van der Waals surface area contributed by atoms with Crippen LogP contribution in [0.5, 0.6) is 0 Å². The Hall–Kier alpha value is -1.05. The molecular formula is C9H13ClN4. The fourth-order valence-corrected chi connectivity index (χ4v) is 1.36. The molecule has 0 fully saturated rings. The molecule has 14 heavy (non-hydrogen) atoms. The summed E-state index contributed by atoms with van der Waals surface area (Å²) in [6, 6.07) is 1.91. The zero-order valence-corrected chi connectivity index (χ0v) is 9.26. The van der Waals surface area contributed by atoms with Crippen molar-refractivity contribution in [2.45, 2.75) is 26.4 Å². The topological polar surface area (TPSA) is 53.6 Å². The van der Waals surface area contributed by atoms with Crippen LogP contribution in [0.15, 0.2) is 0 Å². The Morgan fingerprint density at radius 2 is 2.29 bits per heavy atom. The predicted octanol–water partition coefficient (Wildman–Crippen LogP) is 1.26. The van der Waals surface area contributed by atoms with E-state index >= 15 is 0 Å². The normalized spacial score (nSPS) is 12.5. The van der Waals surface area contributed by atoms with Crippen molar-refractivity contribution in [2.75, 3.05) is 7.05 Å². The molecule has 5 heteroatoms. The smallest absolute Gasteiger partial charge is 0.115 e. The van der Waals surface area contributed by atoms with Crippen LogP contribution < -0.4 is 5.32 Å². The summed E-state index contributed by atoms with van der Waals surface area (Å²) in [5.74, 6) is 0. The van der Waals surface area contributed by atoms with Crippen molar-refractivity contribution in [1.29, 1.82) is 5.26 Å². The lowest BCUT2D eigenvalue weighted by molar-refractivity contribution is 0.510. The maximum Gasteiger partial charge on any atom is 0.115 e. The first kappa shape index (κ1) is 11.0. The van der Waals surface area contributed by atoms with E-state index in [1.807, 2.05) is 13.8 Å². The van der Waals surface area contributed by atoms with Gasteiger partial charge in [0.15, 0.2) is 0 Å². The van der Waals surface area contributed by atoms with Gasteiger partial charge in [-0.05, 0) is 20.9 Å². The van der Waals surface area contributed by atoms with Gasteiger partial charge in [0.25, 0.3) is 0 Å². The fourth-order valence-electron chi connectivity index (χ4n) is 1.22. The lowest BCUT2D eigenvalue weighted by Gasteiger charge is -2.08. The molecule has 1 aromatic rings. The summed E-state index contributed by atoms with van der Waals surface area (Å²) in [4.78, 5) is 0. The molecule has 1 rings (SSSR count). The van der Waals surface area contributed by atoms with Crippen LogP contribution in [0.3, 0.4) is 0 Å². The molecule has 0 aliphatic rings. The van der Waals surface area contributed by atoms with Gasteiger partial charge in [-0.1, -0.05) is 11.6 Å². The summed E-state index contributed by atoms with van der Waals surface area (Å²) in [6.45, 7) is 4.27. The maximum absolute atomic E-state index is 8.77. The minimum absolute atomic E-state index is 0.232. The van der Waals surface area contributed by atoms with Crippen LogP contribution in [0, 0.1) is 25.2 Å². The van der Waals surface area contributed by atoms with Gasteiger partial charge >= 0.3 is 0 Å². The van der Waals surface area contributed by atoms with Crippen molar-refractivity contribution in [2.24, 2.45) is 0 Å². The third-order valence-corrected chi connectivity index (χ3v) is 2.70. The molecule has 0 aliphatic heterocycles. The average Bonchev–Trinajstić information content (AvgIpc) is 2.42. The number of nitrogens with zero attached hydrogens (tertiary/aromatic N) is 3. The Bertz CT molecular complexity index is 364. The molecule has 0 spiro atoms. The van der Waals surface area contributed by atoms with Gasteiger partial charge < -0.3 is 5.32 Å². The number of rotatable bonds is 3. The van der Waals surface area contributed by atoms with Crippen molar-refractivity contribution < 1.29 is 0 Å². The average molecular weight is 213 g/mol. The lowest BCUT2D eigenvalue weighted by Crippen LogP contribution is -2.29. The minimum atomic E-state index is -0.232. The molecule has 0 saturated carbocycles. The Labute approximate surface area is 88.5 Å². The Morgan fingerprint density at radius 3 is 2.64 bits per heavy atom. The molecular weight excluding hydrogens is 200 g/mol. The molecule has 4 nitrogen and oxygen atoms in total. The van der Waals surface area contributed by atoms with Crippen molar-refractivity contribution in [1.82, 2.24) is 15.1 Å². The number of halogens is 1. The lowest BCUT2D eigenvalue weighted by atomic mass is 10.3. The van der Waals surface area contributed by atoms with Gasteiger partial charge in [0.1, 0.15) is 6.04 Å². The van der Waals surface area contributed by atoms with Gasteiger partial charge in [-0.15, -0.1) is 0 Å². The summed E-state index contributed by atoms with van der Waals surface area (Å²) >= 11 is 5.98. The van der Waals surface area contributed by atoms with Gasteiger partial charge in [0.2, 0.25) is 0 Å². The Kier molecular flexibility index (Phi) is 3.50. The summed E-state index contributed by atoms with van der Waals surface area (Å²) in [5, 5.41) is 16.6. The number of hydrogen-bond acceptors (Lipinski definition) is 3. The summed E-state index contributed by atoms with van der Waals surface area (Å²) in [6.07, 6.45) is 0. The zero-order chi connectivity index (χ0) is 10.7. The highest BCUT2D eigenvalue weighted by molar-refractivity contribution is 6.31. The largest absolute Gasteiger partial charge is 0.303 e. The molecule has 1 N–H and O–H groups in total. The van der Waals surface area contributed by atoms with Crippen molar-refractivity contribution in [3.8, 4) is 6.07 Å². The first-order valence-electron chi connectivity index (χ1n) is 4.36. The highest BCUT2D eigenvalue weighted by Gasteiger charge is 2.12. The number of nitrogens with one attached hydrogen (secondary N) is 1. The Morgan fingerprint density at radius 1 is 1.64 bits per heavy atom. The summed E-state index contributed by atoms with van der Waals surface area (Å²) < 4.78 is 1.75. The molecule has 1 atom stereocenters. The summed E-state index contributed by atoms with van der Waals surface area (Å²) in [5.41, 5.74) is 1.71. The molecule has 0 saturated heterocycles. The van der Waals surface area contributed by atoms with Crippen molar-refractivity contribution in [3.05, 3.63) is 16.4 Å². The van der Waals surface area contributed by atoms with Gasteiger partial charge in [0, 0.05) is 0 Å². The molecule has 1 unspecified atom stereocenters. The van der Waals surface area contributed by atoms with Crippen molar-refractivity contribution >= 4 is 11.6 Å². The van der Waals surface area contributed by atoms with Gasteiger partial charge in [0.05, 0.1) is 29.0 Å². The second-order valence-electron chi connectivity index (χ2n) is 3.14. The van der Waals surface area contributed by atoms with E-state index in [-0.39, 0.29) is 6.04 Å². The van der Waals surface area contributed by atoms with E-state index in [1.165, 1.54) is 0 Å². The van der Waals surface area contributed by atoms with Gasteiger partial charge in [-0.3, -0.25) is 4.68 Å². The number of likely N-dealkylation sites (N-methyl/N-ethyl adjacent to an activating group) is 1. The number of aryl methyl sites for hydroxylation is 1. The SMILES string of the molecule is CNC(C#N)Cn1nc(C)c(Cl)c1C.